The minimum atomic E-state index is 0.126. The molecule has 0 unspecified atom stereocenters. The lowest BCUT2D eigenvalue weighted by atomic mass is 10.0. The smallest absolute Gasteiger partial charge is 0.142 e. The van der Waals surface area contributed by atoms with Gasteiger partial charge in [0.2, 0.25) is 0 Å². The SMILES string of the molecule is N[C@@H](CC1CC1)c1cnc(Cl)c(I)c1. The lowest BCUT2D eigenvalue weighted by molar-refractivity contribution is 0.595. The molecule has 1 aliphatic rings. The molecule has 0 aliphatic heterocycles. The molecule has 2 rings (SSSR count). The van der Waals surface area contributed by atoms with E-state index in [9.17, 15) is 0 Å². The third-order valence-electron chi connectivity index (χ3n) is 2.53. The number of aromatic nitrogens is 1. The Bertz CT molecular complexity index is 339. The molecule has 1 aliphatic carbocycles. The average molecular weight is 323 g/mol. The molecular formula is C10H12ClIN2. The maximum absolute atomic E-state index is 6.07. The van der Waals surface area contributed by atoms with E-state index in [0.29, 0.717) is 5.15 Å². The highest BCUT2D eigenvalue weighted by Gasteiger charge is 2.24. The third kappa shape index (κ3) is 2.58. The first-order valence-corrected chi connectivity index (χ1v) is 6.19. The lowest BCUT2D eigenvalue weighted by Gasteiger charge is -2.11. The Morgan fingerprint density at radius 1 is 1.64 bits per heavy atom. The van der Waals surface area contributed by atoms with Gasteiger partial charge in [-0.3, -0.25) is 0 Å². The van der Waals surface area contributed by atoms with Gasteiger partial charge in [0.15, 0.2) is 0 Å². The van der Waals surface area contributed by atoms with E-state index in [2.05, 4.69) is 27.6 Å². The van der Waals surface area contributed by atoms with Gasteiger partial charge in [-0.15, -0.1) is 0 Å². The van der Waals surface area contributed by atoms with Gasteiger partial charge in [0.05, 0.1) is 3.57 Å². The first-order chi connectivity index (χ1) is 6.66. The van der Waals surface area contributed by atoms with Gasteiger partial charge >= 0.3 is 0 Å². The summed E-state index contributed by atoms with van der Waals surface area (Å²) in [6.07, 6.45) is 5.55. The molecule has 0 amide bonds. The topological polar surface area (TPSA) is 38.9 Å². The van der Waals surface area contributed by atoms with Gasteiger partial charge in [-0.05, 0) is 46.6 Å². The number of pyridine rings is 1. The first kappa shape index (κ1) is 10.6. The Kier molecular flexibility index (Phi) is 3.29. The summed E-state index contributed by atoms with van der Waals surface area (Å²) in [5.41, 5.74) is 7.17. The van der Waals surface area contributed by atoms with Gasteiger partial charge in [-0.25, -0.2) is 4.98 Å². The number of rotatable bonds is 3. The monoisotopic (exact) mass is 322 g/mol. The summed E-state index contributed by atoms with van der Waals surface area (Å²) < 4.78 is 0.980. The molecule has 0 spiro atoms. The van der Waals surface area contributed by atoms with E-state index in [1.807, 2.05) is 6.07 Å². The van der Waals surface area contributed by atoms with Crippen LogP contribution in [0.1, 0.15) is 30.9 Å². The van der Waals surface area contributed by atoms with Crippen LogP contribution in [0.15, 0.2) is 12.3 Å². The van der Waals surface area contributed by atoms with Crippen molar-refractivity contribution >= 4 is 34.2 Å². The molecule has 2 nitrogen and oxygen atoms in total. The Morgan fingerprint density at radius 2 is 2.36 bits per heavy atom. The van der Waals surface area contributed by atoms with Crippen molar-refractivity contribution in [3.8, 4) is 0 Å². The maximum Gasteiger partial charge on any atom is 0.142 e. The van der Waals surface area contributed by atoms with Crippen molar-refractivity contribution in [2.24, 2.45) is 11.7 Å². The van der Waals surface area contributed by atoms with Crippen molar-refractivity contribution < 1.29 is 0 Å². The average Bonchev–Trinajstić information content (AvgIpc) is 2.93. The minimum Gasteiger partial charge on any atom is -0.324 e. The molecule has 0 radical (unpaired) electrons. The van der Waals surface area contributed by atoms with Crippen molar-refractivity contribution in [2.75, 3.05) is 0 Å². The van der Waals surface area contributed by atoms with Crippen molar-refractivity contribution in [1.82, 2.24) is 4.98 Å². The van der Waals surface area contributed by atoms with Crippen LogP contribution in [-0.4, -0.2) is 4.98 Å². The quantitative estimate of drug-likeness (QED) is 0.686. The molecule has 14 heavy (non-hydrogen) atoms. The molecular weight excluding hydrogens is 310 g/mol. The Balaban J connectivity index is 2.10. The molecule has 1 aromatic rings. The van der Waals surface area contributed by atoms with Crippen LogP contribution in [-0.2, 0) is 0 Å². The number of halogens is 2. The molecule has 1 fully saturated rings. The molecule has 1 saturated carbocycles. The van der Waals surface area contributed by atoms with Crippen LogP contribution in [0.3, 0.4) is 0 Å². The molecule has 1 aromatic heterocycles. The standard InChI is InChI=1S/C10H12ClIN2/c11-10-8(12)4-7(5-14-10)9(13)3-6-1-2-6/h4-6,9H,1-3,13H2/t9-/m0/s1. The molecule has 76 valence electrons. The van der Waals surface area contributed by atoms with Gasteiger partial charge in [-0.2, -0.15) is 0 Å². The summed E-state index contributed by atoms with van der Waals surface area (Å²) in [7, 11) is 0. The van der Waals surface area contributed by atoms with E-state index in [4.69, 9.17) is 17.3 Å². The second kappa shape index (κ2) is 4.33. The number of nitrogens with two attached hydrogens (primary N) is 1. The summed E-state index contributed by atoms with van der Waals surface area (Å²) in [5, 5.41) is 0.563. The third-order valence-corrected chi connectivity index (χ3v) is 3.97. The zero-order valence-electron chi connectivity index (χ0n) is 7.71. The van der Waals surface area contributed by atoms with E-state index in [1.54, 1.807) is 6.20 Å². The van der Waals surface area contributed by atoms with Crippen LogP contribution >= 0.6 is 34.2 Å². The Labute approximate surface area is 102 Å². The summed E-state index contributed by atoms with van der Waals surface area (Å²) in [6, 6.07) is 2.16. The fraction of sp³-hybridized carbons (Fsp3) is 0.500. The highest BCUT2D eigenvalue weighted by molar-refractivity contribution is 14.1. The highest BCUT2D eigenvalue weighted by Crippen LogP contribution is 2.36. The van der Waals surface area contributed by atoms with E-state index < -0.39 is 0 Å². The van der Waals surface area contributed by atoms with Gasteiger partial charge in [-0.1, -0.05) is 24.4 Å². The largest absolute Gasteiger partial charge is 0.324 e. The normalized spacial score (nSPS) is 18.2. The van der Waals surface area contributed by atoms with Crippen molar-refractivity contribution in [3.63, 3.8) is 0 Å². The van der Waals surface area contributed by atoms with Crippen LogP contribution in [0.4, 0.5) is 0 Å². The maximum atomic E-state index is 6.07. The number of hydrogen-bond acceptors (Lipinski definition) is 2. The molecule has 0 bridgehead atoms. The fourth-order valence-corrected chi connectivity index (χ4v) is 2.09. The van der Waals surface area contributed by atoms with Crippen molar-refractivity contribution in [1.29, 1.82) is 0 Å². The molecule has 0 aromatic carbocycles. The van der Waals surface area contributed by atoms with E-state index in [-0.39, 0.29) is 6.04 Å². The number of nitrogens with zero attached hydrogens (tertiary/aromatic N) is 1. The van der Waals surface area contributed by atoms with Gasteiger partial charge in [0.25, 0.3) is 0 Å². The Morgan fingerprint density at radius 3 is 2.93 bits per heavy atom. The summed E-state index contributed by atoms with van der Waals surface area (Å²) in [6.45, 7) is 0. The molecule has 1 atom stereocenters. The van der Waals surface area contributed by atoms with Crippen LogP contribution in [0, 0.1) is 9.49 Å². The zero-order chi connectivity index (χ0) is 10.1. The predicted octanol–water partition coefficient (Wildman–Crippen LogP) is 3.14. The van der Waals surface area contributed by atoms with Gasteiger partial charge in [0.1, 0.15) is 5.15 Å². The van der Waals surface area contributed by atoms with E-state index in [1.165, 1.54) is 12.8 Å². The molecule has 0 saturated heterocycles. The second-order valence-electron chi connectivity index (χ2n) is 3.83. The van der Waals surface area contributed by atoms with Gasteiger partial charge < -0.3 is 5.73 Å². The highest BCUT2D eigenvalue weighted by atomic mass is 127. The van der Waals surface area contributed by atoms with Crippen LogP contribution in [0.5, 0.6) is 0 Å². The van der Waals surface area contributed by atoms with Crippen LogP contribution in [0.25, 0.3) is 0 Å². The summed E-state index contributed by atoms with van der Waals surface area (Å²) >= 11 is 8.03. The molecule has 1 heterocycles. The van der Waals surface area contributed by atoms with E-state index >= 15 is 0 Å². The van der Waals surface area contributed by atoms with E-state index in [0.717, 1.165) is 21.5 Å². The fourth-order valence-electron chi connectivity index (χ4n) is 1.49. The van der Waals surface area contributed by atoms with Crippen molar-refractivity contribution in [2.45, 2.75) is 25.3 Å². The van der Waals surface area contributed by atoms with Gasteiger partial charge in [0, 0.05) is 12.2 Å². The van der Waals surface area contributed by atoms with Crippen LogP contribution < -0.4 is 5.73 Å². The first-order valence-electron chi connectivity index (χ1n) is 4.73. The lowest BCUT2D eigenvalue weighted by Crippen LogP contribution is -2.11. The van der Waals surface area contributed by atoms with Crippen molar-refractivity contribution in [3.05, 3.63) is 26.5 Å². The second-order valence-corrected chi connectivity index (χ2v) is 5.35. The van der Waals surface area contributed by atoms with Crippen LogP contribution in [0.2, 0.25) is 5.15 Å². The Hall–Kier alpha value is 0.130. The zero-order valence-corrected chi connectivity index (χ0v) is 10.6. The molecule has 2 N–H and O–H groups in total. The number of hydrogen-bond donors (Lipinski definition) is 1. The minimum absolute atomic E-state index is 0.126. The summed E-state index contributed by atoms with van der Waals surface area (Å²) in [4.78, 5) is 4.11. The molecule has 4 heteroatoms. The summed E-state index contributed by atoms with van der Waals surface area (Å²) in [5.74, 6) is 0.846. The predicted molar refractivity (Wildman–Crippen MR) is 66.2 cm³/mol.